The van der Waals surface area contributed by atoms with E-state index in [0.717, 1.165) is 42.4 Å². The highest BCUT2D eigenvalue weighted by Crippen LogP contribution is 2.29. The van der Waals surface area contributed by atoms with E-state index in [-0.39, 0.29) is 11.2 Å². The van der Waals surface area contributed by atoms with Gasteiger partial charge in [0.25, 0.3) is 0 Å². The summed E-state index contributed by atoms with van der Waals surface area (Å²) in [5.41, 5.74) is 1.76. The highest BCUT2D eigenvalue weighted by atomic mass is 32.2. The molecule has 1 amide bonds. The molecule has 0 aliphatic carbocycles. The van der Waals surface area contributed by atoms with Crippen LogP contribution in [0.4, 0.5) is 5.69 Å². The molecule has 3 rings (SSSR count). The maximum Gasteiger partial charge on any atom is 0.237 e. The van der Waals surface area contributed by atoms with Crippen LogP contribution >= 0.6 is 11.8 Å². The van der Waals surface area contributed by atoms with E-state index in [4.69, 9.17) is 4.74 Å². The van der Waals surface area contributed by atoms with E-state index in [9.17, 15) is 4.79 Å². The molecule has 6 nitrogen and oxygen atoms in total. The Kier molecular flexibility index (Phi) is 5.63. The van der Waals surface area contributed by atoms with Gasteiger partial charge in [0.1, 0.15) is 11.6 Å². The average Bonchev–Trinajstić information content (AvgIpc) is 2.81. The molecule has 134 valence electrons. The molecule has 2 heterocycles. The van der Waals surface area contributed by atoms with E-state index in [0.29, 0.717) is 11.4 Å². The third-order valence-electron chi connectivity index (χ3n) is 4.34. The Morgan fingerprint density at radius 2 is 2.16 bits per heavy atom. The molecule has 1 aromatic carbocycles. The maximum atomic E-state index is 12.6. The first-order valence-corrected chi connectivity index (χ1v) is 9.50. The summed E-state index contributed by atoms with van der Waals surface area (Å²) in [5.74, 6) is 1.63. The van der Waals surface area contributed by atoms with Crippen LogP contribution in [0.3, 0.4) is 0 Å². The molecule has 0 spiro atoms. The number of nitrogens with zero attached hydrogens (tertiary/aromatic N) is 3. The lowest BCUT2D eigenvalue weighted by Gasteiger charge is -2.15. The molecule has 1 N–H and O–H groups in total. The van der Waals surface area contributed by atoms with Crippen molar-refractivity contribution in [2.45, 2.75) is 56.5 Å². The molecule has 0 radical (unpaired) electrons. The van der Waals surface area contributed by atoms with Gasteiger partial charge in [-0.05, 0) is 44.4 Å². The second-order valence-corrected chi connectivity index (χ2v) is 7.62. The Labute approximate surface area is 152 Å². The van der Waals surface area contributed by atoms with Gasteiger partial charge in [-0.15, -0.1) is 10.2 Å². The SMILES string of the molecule is COc1ccc(C)cc1NC(=O)[C@H](C)Sc1nnc2n1CCCCC2. The number of thioether (sulfide) groups is 1. The van der Waals surface area contributed by atoms with Crippen molar-refractivity contribution in [1.29, 1.82) is 0 Å². The second-order valence-electron chi connectivity index (χ2n) is 6.31. The number of nitrogens with one attached hydrogen (secondary N) is 1. The number of anilines is 1. The minimum atomic E-state index is -0.276. The van der Waals surface area contributed by atoms with Gasteiger partial charge in [-0.3, -0.25) is 4.79 Å². The largest absolute Gasteiger partial charge is 0.495 e. The van der Waals surface area contributed by atoms with Gasteiger partial charge in [-0.1, -0.05) is 24.2 Å². The molecule has 0 bridgehead atoms. The molecule has 25 heavy (non-hydrogen) atoms. The van der Waals surface area contributed by atoms with Gasteiger partial charge in [0.15, 0.2) is 5.16 Å². The van der Waals surface area contributed by atoms with Crippen LogP contribution in [0.1, 0.15) is 37.6 Å². The Bertz CT molecular complexity index is 760. The van der Waals surface area contributed by atoms with E-state index in [1.165, 1.54) is 18.2 Å². The molecule has 0 fully saturated rings. The van der Waals surface area contributed by atoms with Crippen LogP contribution in [-0.2, 0) is 17.8 Å². The summed E-state index contributed by atoms with van der Waals surface area (Å²) in [5, 5.41) is 12.1. The van der Waals surface area contributed by atoms with Crippen molar-refractivity contribution in [3.05, 3.63) is 29.6 Å². The van der Waals surface area contributed by atoms with Crippen LogP contribution in [0, 0.1) is 6.92 Å². The first-order valence-electron chi connectivity index (χ1n) is 8.62. The summed E-state index contributed by atoms with van der Waals surface area (Å²) in [6, 6.07) is 5.73. The number of hydrogen-bond donors (Lipinski definition) is 1. The van der Waals surface area contributed by atoms with Crippen LogP contribution in [0.15, 0.2) is 23.4 Å². The fourth-order valence-corrected chi connectivity index (χ4v) is 3.81. The van der Waals surface area contributed by atoms with Gasteiger partial charge in [0.05, 0.1) is 18.0 Å². The molecule has 1 atom stereocenters. The zero-order valence-corrected chi connectivity index (χ0v) is 15.7. The van der Waals surface area contributed by atoms with Crippen molar-refractivity contribution in [1.82, 2.24) is 14.8 Å². The van der Waals surface area contributed by atoms with E-state index < -0.39 is 0 Å². The number of aromatic nitrogens is 3. The van der Waals surface area contributed by atoms with E-state index in [1.807, 2.05) is 32.0 Å². The molecular weight excluding hydrogens is 336 g/mol. The molecule has 1 aromatic heterocycles. The van der Waals surface area contributed by atoms with Crippen LogP contribution in [0.25, 0.3) is 0 Å². The summed E-state index contributed by atoms with van der Waals surface area (Å²) in [6.45, 7) is 4.81. The number of carbonyl (C=O) groups excluding carboxylic acids is 1. The fourth-order valence-electron chi connectivity index (χ4n) is 2.91. The predicted octanol–water partition coefficient (Wildman–Crippen LogP) is 3.44. The van der Waals surface area contributed by atoms with Gasteiger partial charge in [-0.2, -0.15) is 0 Å². The number of aryl methyl sites for hydroxylation is 2. The Morgan fingerprint density at radius 3 is 2.96 bits per heavy atom. The van der Waals surface area contributed by atoms with Crippen molar-refractivity contribution in [2.24, 2.45) is 0 Å². The van der Waals surface area contributed by atoms with Gasteiger partial charge in [-0.25, -0.2) is 0 Å². The van der Waals surface area contributed by atoms with E-state index in [2.05, 4.69) is 20.1 Å². The number of amides is 1. The highest BCUT2D eigenvalue weighted by Gasteiger charge is 2.21. The summed E-state index contributed by atoms with van der Waals surface area (Å²) >= 11 is 1.46. The van der Waals surface area contributed by atoms with Crippen molar-refractivity contribution in [3.8, 4) is 5.75 Å². The van der Waals surface area contributed by atoms with Gasteiger partial charge in [0.2, 0.25) is 5.91 Å². The second kappa shape index (κ2) is 7.91. The van der Waals surface area contributed by atoms with Gasteiger partial charge < -0.3 is 14.6 Å². The molecule has 0 saturated carbocycles. The van der Waals surface area contributed by atoms with Crippen LogP contribution in [0.2, 0.25) is 0 Å². The molecule has 1 aliphatic rings. The number of carbonyl (C=O) groups is 1. The Balaban J connectivity index is 1.69. The van der Waals surface area contributed by atoms with Crippen LogP contribution in [-0.4, -0.2) is 33.0 Å². The molecular formula is C18H24N4O2S. The minimum Gasteiger partial charge on any atom is -0.495 e. The number of ether oxygens (including phenoxy) is 1. The molecule has 2 aromatic rings. The molecule has 7 heteroatoms. The summed E-state index contributed by atoms with van der Waals surface area (Å²) in [4.78, 5) is 12.6. The zero-order valence-electron chi connectivity index (χ0n) is 14.9. The summed E-state index contributed by atoms with van der Waals surface area (Å²) in [7, 11) is 1.60. The molecule has 0 saturated heterocycles. The third kappa shape index (κ3) is 4.15. The first-order chi connectivity index (χ1) is 12.1. The Hall–Kier alpha value is -2.02. The van der Waals surface area contributed by atoms with Crippen molar-refractivity contribution >= 4 is 23.4 Å². The minimum absolute atomic E-state index is 0.0696. The van der Waals surface area contributed by atoms with Gasteiger partial charge in [0, 0.05) is 13.0 Å². The quantitative estimate of drug-likeness (QED) is 0.827. The lowest BCUT2D eigenvalue weighted by Crippen LogP contribution is -2.23. The van der Waals surface area contributed by atoms with Crippen molar-refractivity contribution in [3.63, 3.8) is 0 Å². The van der Waals surface area contributed by atoms with Gasteiger partial charge >= 0.3 is 0 Å². The van der Waals surface area contributed by atoms with E-state index in [1.54, 1.807) is 7.11 Å². The summed E-state index contributed by atoms with van der Waals surface area (Å²) in [6.07, 6.45) is 4.48. The van der Waals surface area contributed by atoms with Crippen LogP contribution < -0.4 is 10.1 Å². The van der Waals surface area contributed by atoms with Crippen LogP contribution in [0.5, 0.6) is 5.75 Å². The molecule has 1 aliphatic heterocycles. The molecule has 0 unspecified atom stereocenters. The predicted molar refractivity (Wildman–Crippen MR) is 99.3 cm³/mol. The standard InChI is InChI=1S/C18H24N4O2S/c1-12-8-9-15(24-3)14(11-12)19-17(23)13(2)25-18-21-20-16-7-5-4-6-10-22(16)18/h8-9,11,13H,4-7,10H2,1-3H3,(H,19,23)/t13-/m0/s1. The lowest BCUT2D eigenvalue weighted by atomic mass is 10.2. The third-order valence-corrected chi connectivity index (χ3v) is 5.42. The number of benzene rings is 1. The smallest absolute Gasteiger partial charge is 0.237 e. The average molecular weight is 360 g/mol. The Morgan fingerprint density at radius 1 is 1.32 bits per heavy atom. The number of fused-ring (bicyclic) bond motifs is 1. The van der Waals surface area contributed by atoms with E-state index >= 15 is 0 Å². The normalized spacial score (nSPS) is 15.2. The fraction of sp³-hybridized carbons (Fsp3) is 0.500. The maximum absolute atomic E-state index is 12.6. The van der Waals surface area contributed by atoms with Crippen molar-refractivity contribution in [2.75, 3.05) is 12.4 Å². The first kappa shape index (κ1) is 17.8. The number of methoxy groups -OCH3 is 1. The number of rotatable bonds is 5. The highest BCUT2D eigenvalue weighted by molar-refractivity contribution is 8.00. The zero-order chi connectivity index (χ0) is 17.8. The monoisotopic (exact) mass is 360 g/mol. The lowest BCUT2D eigenvalue weighted by molar-refractivity contribution is -0.115. The summed E-state index contributed by atoms with van der Waals surface area (Å²) < 4.78 is 7.49. The topological polar surface area (TPSA) is 69.0 Å². The number of hydrogen-bond acceptors (Lipinski definition) is 5. The van der Waals surface area contributed by atoms with Crippen molar-refractivity contribution < 1.29 is 9.53 Å².